The van der Waals surface area contributed by atoms with Crippen molar-refractivity contribution in [1.82, 2.24) is 4.98 Å². The Kier molecular flexibility index (Phi) is 5.11. The van der Waals surface area contributed by atoms with Crippen LogP contribution in [0.4, 0.5) is 5.69 Å². The maximum Gasteiger partial charge on any atom is 0.310 e. The largest absolute Gasteiger partial charge is 0.481 e. The monoisotopic (exact) mass is 298 g/mol. The Labute approximate surface area is 123 Å². The number of nitrogens with zero attached hydrogens (tertiary/aromatic N) is 1. The van der Waals surface area contributed by atoms with Gasteiger partial charge < -0.3 is 10.4 Å². The van der Waals surface area contributed by atoms with Crippen molar-refractivity contribution in [3.05, 3.63) is 23.0 Å². The standard InChI is InChI=1S/C14H19ClN2O3/c1-8(2)14(4,13(19)20)6-11(18)17-10-5-9(3)7-16-12(10)15/h5,7-8H,6H2,1-4H3,(H,17,18)(H,19,20). The van der Waals surface area contributed by atoms with Crippen molar-refractivity contribution < 1.29 is 14.7 Å². The van der Waals surface area contributed by atoms with Gasteiger partial charge in [-0.3, -0.25) is 9.59 Å². The molecule has 0 aliphatic rings. The summed E-state index contributed by atoms with van der Waals surface area (Å²) in [5, 5.41) is 12.1. The molecule has 0 aromatic carbocycles. The highest BCUT2D eigenvalue weighted by molar-refractivity contribution is 6.32. The SMILES string of the molecule is Cc1cnc(Cl)c(NC(=O)CC(C)(C(=O)O)C(C)C)c1. The van der Waals surface area contributed by atoms with Gasteiger partial charge in [0, 0.05) is 12.6 Å². The summed E-state index contributed by atoms with van der Waals surface area (Å²) in [6.07, 6.45) is 1.47. The van der Waals surface area contributed by atoms with Crippen LogP contribution in [0, 0.1) is 18.3 Å². The van der Waals surface area contributed by atoms with E-state index in [2.05, 4.69) is 10.3 Å². The van der Waals surface area contributed by atoms with E-state index in [4.69, 9.17) is 11.6 Å². The highest BCUT2D eigenvalue weighted by atomic mass is 35.5. The number of hydrogen-bond acceptors (Lipinski definition) is 3. The van der Waals surface area contributed by atoms with Gasteiger partial charge >= 0.3 is 5.97 Å². The molecule has 5 nitrogen and oxygen atoms in total. The van der Waals surface area contributed by atoms with Gasteiger partial charge in [0.2, 0.25) is 5.91 Å². The number of carboxylic acids is 1. The van der Waals surface area contributed by atoms with Crippen molar-refractivity contribution in [3.63, 3.8) is 0 Å². The normalized spacial score (nSPS) is 13.9. The highest BCUT2D eigenvalue weighted by Crippen LogP contribution is 2.32. The van der Waals surface area contributed by atoms with E-state index >= 15 is 0 Å². The van der Waals surface area contributed by atoms with Crippen molar-refractivity contribution >= 4 is 29.2 Å². The van der Waals surface area contributed by atoms with E-state index in [1.165, 1.54) is 0 Å². The van der Waals surface area contributed by atoms with Crippen molar-refractivity contribution in [2.45, 2.75) is 34.1 Å². The van der Waals surface area contributed by atoms with Gasteiger partial charge in [-0.1, -0.05) is 25.4 Å². The second kappa shape index (κ2) is 6.22. The lowest BCUT2D eigenvalue weighted by Gasteiger charge is -2.28. The summed E-state index contributed by atoms with van der Waals surface area (Å²) in [5.41, 5.74) is 0.135. The van der Waals surface area contributed by atoms with Crippen LogP contribution in [0.5, 0.6) is 0 Å². The summed E-state index contributed by atoms with van der Waals surface area (Å²) in [6.45, 7) is 6.95. The first-order valence-corrected chi connectivity index (χ1v) is 6.70. The maximum atomic E-state index is 12.0. The summed E-state index contributed by atoms with van der Waals surface area (Å²) in [5.74, 6) is -1.55. The summed E-state index contributed by atoms with van der Waals surface area (Å²) in [7, 11) is 0. The van der Waals surface area contributed by atoms with E-state index in [1.54, 1.807) is 33.0 Å². The third-order valence-corrected chi connectivity index (χ3v) is 3.84. The number of hydrogen-bond donors (Lipinski definition) is 2. The first-order valence-electron chi connectivity index (χ1n) is 6.32. The van der Waals surface area contributed by atoms with Gasteiger partial charge in [-0.25, -0.2) is 4.98 Å². The Morgan fingerprint density at radius 1 is 1.50 bits per heavy atom. The lowest BCUT2D eigenvalue weighted by atomic mass is 9.76. The van der Waals surface area contributed by atoms with Crippen LogP contribution in [0.15, 0.2) is 12.3 Å². The topological polar surface area (TPSA) is 79.3 Å². The summed E-state index contributed by atoms with van der Waals surface area (Å²) < 4.78 is 0. The predicted octanol–water partition coefficient (Wildman–Crippen LogP) is 3.12. The molecule has 0 saturated heterocycles. The molecule has 110 valence electrons. The second-order valence-electron chi connectivity index (χ2n) is 5.45. The highest BCUT2D eigenvalue weighted by Gasteiger charge is 2.38. The number of carbonyl (C=O) groups is 2. The molecule has 1 heterocycles. The van der Waals surface area contributed by atoms with Crippen molar-refractivity contribution in [3.8, 4) is 0 Å². The van der Waals surface area contributed by atoms with Gasteiger partial charge in [-0.05, 0) is 31.4 Å². The molecule has 1 rings (SSSR count). The number of aromatic nitrogens is 1. The predicted molar refractivity (Wildman–Crippen MR) is 77.8 cm³/mol. The zero-order valence-corrected chi connectivity index (χ0v) is 12.8. The van der Waals surface area contributed by atoms with E-state index in [1.807, 2.05) is 6.92 Å². The zero-order chi connectivity index (χ0) is 15.5. The minimum absolute atomic E-state index is 0.121. The molecule has 20 heavy (non-hydrogen) atoms. The number of aliphatic carboxylic acids is 1. The summed E-state index contributed by atoms with van der Waals surface area (Å²) in [4.78, 5) is 27.3. The summed E-state index contributed by atoms with van der Waals surface area (Å²) in [6, 6.07) is 1.70. The molecule has 6 heteroatoms. The molecular weight excluding hydrogens is 280 g/mol. The van der Waals surface area contributed by atoms with Gasteiger partial charge in [0.05, 0.1) is 11.1 Å². The van der Waals surface area contributed by atoms with Crippen LogP contribution in [-0.2, 0) is 9.59 Å². The molecule has 1 amide bonds. The lowest BCUT2D eigenvalue weighted by Crippen LogP contribution is -2.37. The van der Waals surface area contributed by atoms with Crippen molar-refractivity contribution in [1.29, 1.82) is 0 Å². The Balaban J connectivity index is 2.87. The number of carboxylic acid groups (broad SMARTS) is 1. The summed E-state index contributed by atoms with van der Waals surface area (Å²) >= 11 is 5.89. The maximum absolute atomic E-state index is 12.0. The second-order valence-corrected chi connectivity index (χ2v) is 5.81. The quantitative estimate of drug-likeness (QED) is 0.819. The van der Waals surface area contributed by atoms with E-state index in [-0.39, 0.29) is 17.5 Å². The molecule has 0 radical (unpaired) electrons. The minimum Gasteiger partial charge on any atom is -0.481 e. The van der Waals surface area contributed by atoms with Crippen LogP contribution in [0.2, 0.25) is 5.15 Å². The number of nitrogens with one attached hydrogen (secondary N) is 1. The average molecular weight is 299 g/mol. The lowest BCUT2D eigenvalue weighted by molar-refractivity contribution is -0.153. The molecule has 1 aromatic heterocycles. The van der Waals surface area contributed by atoms with Crippen LogP contribution in [-0.4, -0.2) is 22.0 Å². The van der Waals surface area contributed by atoms with Crippen LogP contribution >= 0.6 is 11.6 Å². The molecule has 1 unspecified atom stereocenters. The number of halogens is 1. The molecule has 0 spiro atoms. The van der Waals surface area contributed by atoms with Gasteiger partial charge in [-0.15, -0.1) is 0 Å². The molecule has 0 saturated carbocycles. The Morgan fingerprint density at radius 3 is 2.60 bits per heavy atom. The average Bonchev–Trinajstić information content (AvgIpc) is 2.33. The molecule has 0 aliphatic heterocycles. The van der Waals surface area contributed by atoms with Crippen molar-refractivity contribution in [2.24, 2.45) is 11.3 Å². The van der Waals surface area contributed by atoms with Gasteiger partial charge in [0.15, 0.2) is 5.15 Å². The molecular formula is C14H19ClN2O3. The Morgan fingerprint density at radius 2 is 2.10 bits per heavy atom. The van der Waals surface area contributed by atoms with Crippen LogP contribution in [0.3, 0.4) is 0 Å². The third-order valence-electron chi connectivity index (χ3n) is 3.54. The molecule has 1 aromatic rings. The van der Waals surface area contributed by atoms with Crippen LogP contribution in [0.25, 0.3) is 0 Å². The first kappa shape index (κ1) is 16.4. The molecule has 0 fully saturated rings. The Hall–Kier alpha value is -1.62. The van der Waals surface area contributed by atoms with Crippen LogP contribution < -0.4 is 5.32 Å². The molecule has 0 bridgehead atoms. The zero-order valence-electron chi connectivity index (χ0n) is 12.0. The van der Waals surface area contributed by atoms with E-state index < -0.39 is 17.3 Å². The fraction of sp³-hybridized carbons (Fsp3) is 0.500. The Bertz CT molecular complexity index is 531. The molecule has 0 aliphatic carbocycles. The number of carbonyl (C=O) groups excluding carboxylic acids is 1. The van der Waals surface area contributed by atoms with Gasteiger partial charge in [-0.2, -0.15) is 0 Å². The number of pyridine rings is 1. The van der Waals surface area contributed by atoms with Crippen LogP contribution in [0.1, 0.15) is 32.8 Å². The van der Waals surface area contributed by atoms with E-state index in [0.29, 0.717) is 5.69 Å². The van der Waals surface area contributed by atoms with Crippen molar-refractivity contribution in [2.75, 3.05) is 5.32 Å². The van der Waals surface area contributed by atoms with E-state index in [0.717, 1.165) is 5.56 Å². The number of amides is 1. The smallest absolute Gasteiger partial charge is 0.310 e. The fourth-order valence-corrected chi connectivity index (χ4v) is 1.85. The van der Waals surface area contributed by atoms with Gasteiger partial charge in [0.1, 0.15) is 0 Å². The number of rotatable bonds is 5. The molecule has 2 N–H and O–H groups in total. The third kappa shape index (κ3) is 3.70. The minimum atomic E-state index is -1.12. The number of aryl methyl sites for hydroxylation is 1. The number of anilines is 1. The molecule has 1 atom stereocenters. The first-order chi connectivity index (χ1) is 9.16. The fourth-order valence-electron chi connectivity index (χ4n) is 1.69. The van der Waals surface area contributed by atoms with E-state index in [9.17, 15) is 14.7 Å². The van der Waals surface area contributed by atoms with Gasteiger partial charge in [0.25, 0.3) is 0 Å².